The zero-order chi connectivity index (χ0) is 28.4. The van der Waals surface area contributed by atoms with Crippen LogP contribution in [-0.4, -0.2) is 54.5 Å². The first-order valence-corrected chi connectivity index (χ1v) is 12.4. The van der Waals surface area contributed by atoms with E-state index in [0.717, 1.165) is 11.1 Å². The fourth-order valence-corrected chi connectivity index (χ4v) is 4.03. The van der Waals surface area contributed by atoms with Crippen molar-refractivity contribution in [2.75, 3.05) is 20.8 Å². The minimum atomic E-state index is -0.830. The maximum absolute atomic E-state index is 13.7. The van der Waals surface area contributed by atoms with Crippen molar-refractivity contribution in [2.45, 2.75) is 38.9 Å². The van der Waals surface area contributed by atoms with E-state index in [2.05, 4.69) is 5.32 Å². The topological polar surface area (TPSA) is 120 Å². The first kappa shape index (κ1) is 29.0. The van der Waals surface area contributed by atoms with Crippen molar-refractivity contribution in [3.05, 3.63) is 94.0 Å². The van der Waals surface area contributed by atoms with E-state index in [1.165, 1.54) is 30.2 Å². The molecule has 0 aliphatic rings. The number of hydrogen-bond acceptors (Lipinski definition) is 7. The highest BCUT2D eigenvalue weighted by atomic mass is 16.6. The van der Waals surface area contributed by atoms with E-state index in [0.29, 0.717) is 12.2 Å². The van der Waals surface area contributed by atoms with E-state index in [1.54, 1.807) is 13.2 Å². The largest absolute Gasteiger partial charge is 0.497 e. The number of carbonyl (C=O) groups is 2. The van der Waals surface area contributed by atoms with Gasteiger partial charge in [0, 0.05) is 31.1 Å². The molecule has 10 heteroatoms. The molecule has 0 aliphatic carbocycles. The van der Waals surface area contributed by atoms with Gasteiger partial charge in [0.05, 0.1) is 19.1 Å². The number of carbonyl (C=O) groups excluding carboxylic acids is 2. The highest BCUT2D eigenvalue weighted by Gasteiger charge is 2.31. The average molecular weight is 536 g/mol. The molecule has 0 radical (unpaired) electrons. The van der Waals surface area contributed by atoms with Crippen LogP contribution in [0, 0.1) is 10.1 Å². The molecule has 3 rings (SSSR count). The van der Waals surface area contributed by atoms with E-state index < -0.39 is 23.5 Å². The molecule has 3 aromatic carbocycles. The molecule has 0 saturated heterocycles. The van der Waals surface area contributed by atoms with Crippen LogP contribution in [0.1, 0.15) is 25.0 Å². The Kier molecular flexibility index (Phi) is 10.3. The molecule has 0 saturated carbocycles. The number of nitro groups is 1. The molecule has 0 heterocycles. The molecule has 3 aromatic rings. The van der Waals surface area contributed by atoms with Gasteiger partial charge in [-0.2, -0.15) is 0 Å². The van der Waals surface area contributed by atoms with Crippen LogP contribution in [0.15, 0.2) is 72.8 Å². The summed E-state index contributed by atoms with van der Waals surface area (Å²) in [5, 5.41) is 14.1. The third-order valence-corrected chi connectivity index (χ3v) is 5.90. The zero-order valence-corrected chi connectivity index (χ0v) is 22.5. The number of nitrogens with zero attached hydrogens (tertiary/aromatic N) is 2. The van der Waals surface area contributed by atoms with Crippen LogP contribution in [0.2, 0.25) is 0 Å². The minimum absolute atomic E-state index is 0.0106. The fourth-order valence-electron chi connectivity index (χ4n) is 4.03. The summed E-state index contributed by atoms with van der Waals surface area (Å²) in [6.07, 6.45) is 0.292. The predicted molar refractivity (Wildman–Crippen MR) is 146 cm³/mol. The Morgan fingerprint density at radius 3 is 2.28 bits per heavy atom. The summed E-state index contributed by atoms with van der Waals surface area (Å²) in [6, 6.07) is 19.8. The van der Waals surface area contributed by atoms with E-state index in [1.807, 2.05) is 62.4 Å². The Balaban J connectivity index is 1.93. The molecule has 0 aliphatic heterocycles. The highest BCUT2D eigenvalue weighted by molar-refractivity contribution is 5.88. The number of amides is 2. The van der Waals surface area contributed by atoms with Crippen LogP contribution in [0.4, 0.5) is 5.69 Å². The van der Waals surface area contributed by atoms with Gasteiger partial charge in [0.15, 0.2) is 6.61 Å². The van der Waals surface area contributed by atoms with Gasteiger partial charge in [0.25, 0.3) is 5.91 Å². The van der Waals surface area contributed by atoms with Crippen molar-refractivity contribution in [3.8, 4) is 17.2 Å². The molecule has 0 aromatic heterocycles. The monoisotopic (exact) mass is 535 g/mol. The van der Waals surface area contributed by atoms with Gasteiger partial charge >= 0.3 is 5.69 Å². The van der Waals surface area contributed by atoms with E-state index in [9.17, 15) is 19.7 Å². The lowest BCUT2D eigenvalue weighted by molar-refractivity contribution is -0.385. The third kappa shape index (κ3) is 8.19. The number of ether oxygens (including phenoxy) is 3. The summed E-state index contributed by atoms with van der Waals surface area (Å²) in [5.74, 6) is 0.132. The van der Waals surface area contributed by atoms with Gasteiger partial charge < -0.3 is 24.4 Å². The van der Waals surface area contributed by atoms with Gasteiger partial charge in [-0.3, -0.25) is 19.7 Å². The molecule has 1 atom stereocenters. The summed E-state index contributed by atoms with van der Waals surface area (Å²) in [5.41, 5.74) is 1.45. The standard InChI is InChI=1S/C29H33N3O7/c1-20(2)30-29(34)26(16-21-9-6-5-7-10-21)31(18-22-11-8-12-23(15-22)37-3)28(33)19-39-24-13-14-25(32(35)36)27(17-24)38-4/h5-15,17,20,26H,16,18-19H2,1-4H3,(H,30,34). The van der Waals surface area contributed by atoms with Crippen molar-refractivity contribution >= 4 is 17.5 Å². The maximum Gasteiger partial charge on any atom is 0.311 e. The van der Waals surface area contributed by atoms with Gasteiger partial charge in [0.1, 0.15) is 17.5 Å². The molecule has 1 N–H and O–H groups in total. The summed E-state index contributed by atoms with van der Waals surface area (Å²) < 4.78 is 16.2. The lowest BCUT2D eigenvalue weighted by Gasteiger charge is -2.32. The summed E-state index contributed by atoms with van der Waals surface area (Å²) >= 11 is 0. The summed E-state index contributed by atoms with van der Waals surface area (Å²) in [7, 11) is 2.87. The minimum Gasteiger partial charge on any atom is -0.497 e. The average Bonchev–Trinajstić information content (AvgIpc) is 2.93. The first-order chi connectivity index (χ1) is 18.7. The van der Waals surface area contributed by atoms with Gasteiger partial charge in [-0.05, 0) is 43.2 Å². The Hall–Kier alpha value is -4.60. The Morgan fingerprint density at radius 1 is 0.923 bits per heavy atom. The lowest BCUT2D eigenvalue weighted by Crippen LogP contribution is -2.52. The lowest BCUT2D eigenvalue weighted by atomic mass is 10.0. The second-order valence-corrected chi connectivity index (χ2v) is 9.12. The van der Waals surface area contributed by atoms with Gasteiger partial charge in [-0.15, -0.1) is 0 Å². The van der Waals surface area contributed by atoms with Crippen LogP contribution in [-0.2, 0) is 22.6 Å². The Labute approximate surface area is 227 Å². The van der Waals surface area contributed by atoms with Crippen molar-refractivity contribution < 1.29 is 28.7 Å². The molecular formula is C29H33N3O7. The molecule has 0 bridgehead atoms. The SMILES string of the molecule is COc1cccc(CN(C(=O)COc2ccc([N+](=O)[O-])c(OC)c2)C(Cc2ccccc2)C(=O)NC(C)C)c1. The fraction of sp³-hybridized carbons (Fsp3) is 0.310. The molecule has 0 fully saturated rings. The maximum atomic E-state index is 13.7. The van der Waals surface area contributed by atoms with Crippen LogP contribution in [0.5, 0.6) is 17.2 Å². The smallest absolute Gasteiger partial charge is 0.311 e. The molecule has 1 unspecified atom stereocenters. The number of benzene rings is 3. The number of nitrogens with one attached hydrogen (secondary N) is 1. The summed E-state index contributed by atoms with van der Waals surface area (Å²) in [4.78, 5) is 39.2. The zero-order valence-electron chi connectivity index (χ0n) is 22.5. The summed E-state index contributed by atoms with van der Waals surface area (Å²) in [6.45, 7) is 3.45. The molecular weight excluding hydrogens is 502 g/mol. The van der Waals surface area contributed by atoms with Crippen molar-refractivity contribution in [3.63, 3.8) is 0 Å². The van der Waals surface area contributed by atoms with E-state index >= 15 is 0 Å². The van der Waals surface area contributed by atoms with Crippen molar-refractivity contribution in [1.29, 1.82) is 0 Å². The second kappa shape index (κ2) is 13.8. The van der Waals surface area contributed by atoms with Crippen molar-refractivity contribution in [2.24, 2.45) is 0 Å². The number of hydrogen-bond donors (Lipinski definition) is 1. The number of nitro benzene ring substituents is 1. The third-order valence-electron chi connectivity index (χ3n) is 5.90. The van der Waals surface area contributed by atoms with E-state index in [4.69, 9.17) is 14.2 Å². The van der Waals surface area contributed by atoms with Gasteiger partial charge in [0.2, 0.25) is 11.7 Å². The van der Waals surface area contributed by atoms with E-state index in [-0.39, 0.29) is 35.7 Å². The molecule has 2 amide bonds. The molecule has 39 heavy (non-hydrogen) atoms. The first-order valence-electron chi connectivity index (χ1n) is 12.4. The predicted octanol–water partition coefficient (Wildman–Crippen LogP) is 4.16. The van der Waals surface area contributed by atoms with Crippen LogP contribution in [0.3, 0.4) is 0 Å². The second-order valence-electron chi connectivity index (χ2n) is 9.12. The van der Waals surface area contributed by atoms with Crippen LogP contribution >= 0.6 is 0 Å². The number of rotatable bonds is 13. The molecule has 10 nitrogen and oxygen atoms in total. The van der Waals surface area contributed by atoms with Crippen LogP contribution < -0.4 is 19.5 Å². The van der Waals surface area contributed by atoms with Gasteiger partial charge in [-0.1, -0.05) is 42.5 Å². The highest BCUT2D eigenvalue weighted by Crippen LogP contribution is 2.31. The Morgan fingerprint density at radius 2 is 1.64 bits per heavy atom. The van der Waals surface area contributed by atoms with Gasteiger partial charge in [-0.25, -0.2) is 0 Å². The normalized spacial score (nSPS) is 11.4. The van der Waals surface area contributed by atoms with Crippen molar-refractivity contribution in [1.82, 2.24) is 10.2 Å². The Bertz CT molecular complexity index is 1280. The number of methoxy groups -OCH3 is 2. The molecule has 206 valence electrons. The quantitative estimate of drug-likeness (QED) is 0.258. The van der Waals surface area contributed by atoms with Crippen LogP contribution in [0.25, 0.3) is 0 Å². The molecule has 0 spiro atoms.